The highest BCUT2D eigenvalue weighted by Crippen LogP contribution is 2.30. The van der Waals surface area contributed by atoms with E-state index in [0.717, 1.165) is 12.3 Å². The van der Waals surface area contributed by atoms with E-state index in [1.54, 1.807) is 4.90 Å². The molecule has 1 aliphatic rings. The van der Waals surface area contributed by atoms with Gasteiger partial charge >= 0.3 is 6.18 Å². The molecule has 0 radical (unpaired) electrons. The van der Waals surface area contributed by atoms with Crippen LogP contribution in [0.5, 0.6) is 0 Å². The van der Waals surface area contributed by atoms with Crippen LogP contribution in [-0.2, 0) is 16.0 Å². The molecule has 1 fully saturated rings. The molecule has 0 amide bonds. The molecule has 0 spiro atoms. The molecule has 1 unspecified atom stereocenters. The number of halogens is 3. The molecule has 2 heterocycles. The quantitative estimate of drug-likeness (QED) is 0.833. The Bertz CT molecular complexity index is 572. The summed E-state index contributed by atoms with van der Waals surface area (Å²) in [5.41, 5.74) is -0.965. The van der Waals surface area contributed by atoms with E-state index in [1.807, 2.05) is 0 Å². The van der Waals surface area contributed by atoms with Gasteiger partial charge in [-0.05, 0) is 18.6 Å². The van der Waals surface area contributed by atoms with Crippen molar-refractivity contribution in [2.45, 2.75) is 17.8 Å². The van der Waals surface area contributed by atoms with Gasteiger partial charge in [0.25, 0.3) is 0 Å². The van der Waals surface area contributed by atoms with E-state index >= 15 is 0 Å². The number of alkyl halides is 3. The highest BCUT2D eigenvalue weighted by atomic mass is 32.2. The molecule has 0 N–H and O–H groups in total. The summed E-state index contributed by atoms with van der Waals surface area (Å²) in [5.74, 6) is 0.168. The first-order valence-electron chi connectivity index (χ1n) is 5.66. The first-order valence-corrected chi connectivity index (χ1v) is 7.61. The zero-order chi connectivity index (χ0) is 14.3. The molecule has 1 saturated heterocycles. The van der Waals surface area contributed by atoms with E-state index in [-0.39, 0.29) is 12.4 Å². The molecule has 0 aliphatic carbocycles. The minimum atomic E-state index is -4.49. The summed E-state index contributed by atoms with van der Waals surface area (Å²) < 4.78 is 60.5. The van der Waals surface area contributed by atoms with E-state index in [9.17, 15) is 21.6 Å². The molecule has 1 aromatic rings. The fraction of sp³-hybridized carbons (Fsp3) is 0.545. The summed E-state index contributed by atoms with van der Waals surface area (Å²) in [7, 11) is -3.17. The summed E-state index contributed by atoms with van der Waals surface area (Å²) in [6.45, 7) is 0.583. The Morgan fingerprint density at radius 3 is 2.58 bits per heavy atom. The van der Waals surface area contributed by atoms with Crippen LogP contribution in [0, 0.1) is 0 Å². The molecule has 1 atom stereocenters. The van der Waals surface area contributed by atoms with Gasteiger partial charge in [0.15, 0.2) is 9.84 Å². The molecule has 106 valence electrons. The van der Waals surface area contributed by atoms with Crippen LogP contribution in [0.4, 0.5) is 19.0 Å². The van der Waals surface area contributed by atoms with Crippen molar-refractivity contribution >= 4 is 15.7 Å². The van der Waals surface area contributed by atoms with Crippen LogP contribution in [0.25, 0.3) is 0 Å². The van der Waals surface area contributed by atoms with Crippen LogP contribution in [0.2, 0.25) is 0 Å². The second-order valence-corrected chi connectivity index (χ2v) is 6.89. The Morgan fingerprint density at radius 2 is 2.05 bits per heavy atom. The Hall–Kier alpha value is -1.31. The minimum Gasteiger partial charge on any atom is -0.355 e. The predicted octanol–water partition coefficient (Wildman–Crippen LogP) is 1.72. The van der Waals surface area contributed by atoms with Gasteiger partial charge in [-0.15, -0.1) is 0 Å². The second-order valence-electron chi connectivity index (χ2n) is 4.57. The third-order valence-electron chi connectivity index (χ3n) is 3.10. The maximum Gasteiger partial charge on any atom is 0.433 e. The van der Waals surface area contributed by atoms with Gasteiger partial charge in [0.2, 0.25) is 0 Å². The summed E-state index contributed by atoms with van der Waals surface area (Å²) in [6.07, 6.45) is -2.94. The normalized spacial score (nSPS) is 20.8. The standard InChI is InChI=1S/C11H13F3N2O2S/c1-19(17,18)8-5-6-16(7-8)10-4-2-3-9(15-10)11(12,13)14/h2-4,8H,5-7H2,1H3. The molecule has 1 aromatic heterocycles. The number of nitrogens with zero attached hydrogens (tertiary/aromatic N) is 2. The molecule has 4 nitrogen and oxygen atoms in total. The molecule has 0 aromatic carbocycles. The van der Waals surface area contributed by atoms with Crippen molar-refractivity contribution in [3.8, 4) is 0 Å². The lowest BCUT2D eigenvalue weighted by Crippen LogP contribution is -2.27. The van der Waals surface area contributed by atoms with E-state index in [2.05, 4.69) is 4.98 Å². The van der Waals surface area contributed by atoms with Crippen molar-refractivity contribution in [2.24, 2.45) is 0 Å². The number of pyridine rings is 1. The highest BCUT2D eigenvalue weighted by Gasteiger charge is 2.34. The van der Waals surface area contributed by atoms with Crippen molar-refractivity contribution < 1.29 is 21.6 Å². The van der Waals surface area contributed by atoms with Gasteiger partial charge < -0.3 is 4.90 Å². The monoisotopic (exact) mass is 294 g/mol. The highest BCUT2D eigenvalue weighted by molar-refractivity contribution is 7.91. The summed E-state index contributed by atoms with van der Waals surface area (Å²) in [5, 5.41) is -0.538. The SMILES string of the molecule is CS(=O)(=O)C1CCN(c2cccc(C(F)(F)F)n2)C1. The van der Waals surface area contributed by atoms with Crippen molar-refractivity contribution in [2.75, 3.05) is 24.2 Å². The number of anilines is 1. The number of hydrogen-bond donors (Lipinski definition) is 0. The maximum atomic E-state index is 12.5. The summed E-state index contributed by atoms with van der Waals surface area (Å²) in [4.78, 5) is 5.12. The van der Waals surface area contributed by atoms with Crippen LogP contribution in [-0.4, -0.2) is 38.0 Å². The number of aromatic nitrogens is 1. The summed E-state index contributed by atoms with van der Waals surface area (Å²) in [6, 6.07) is 3.63. The lowest BCUT2D eigenvalue weighted by molar-refractivity contribution is -0.141. The van der Waals surface area contributed by atoms with Gasteiger partial charge in [0.05, 0.1) is 5.25 Å². The Labute approximate surface area is 109 Å². The lowest BCUT2D eigenvalue weighted by atomic mass is 10.3. The summed E-state index contributed by atoms with van der Waals surface area (Å²) >= 11 is 0. The van der Waals surface area contributed by atoms with Crippen LogP contribution in [0.15, 0.2) is 18.2 Å². The minimum absolute atomic E-state index is 0.168. The lowest BCUT2D eigenvalue weighted by Gasteiger charge is -2.18. The van der Waals surface area contributed by atoms with Gasteiger partial charge in [-0.25, -0.2) is 13.4 Å². The van der Waals surface area contributed by atoms with Crippen molar-refractivity contribution in [3.63, 3.8) is 0 Å². The van der Waals surface area contributed by atoms with Crippen molar-refractivity contribution in [1.82, 2.24) is 4.98 Å². The largest absolute Gasteiger partial charge is 0.433 e. The fourth-order valence-corrected chi connectivity index (χ4v) is 3.03. The zero-order valence-corrected chi connectivity index (χ0v) is 11.0. The zero-order valence-electron chi connectivity index (χ0n) is 10.2. The van der Waals surface area contributed by atoms with Crippen molar-refractivity contribution in [3.05, 3.63) is 23.9 Å². The van der Waals surface area contributed by atoms with E-state index in [4.69, 9.17) is 0 Å². The van der Waals surface area contributed by atoms with E-state index < -0.39 is 27.0 Å². The number of sulfone groups is 1. The molecule has 8 heteroatoms. The van der Waals surface area contributed by atoms with Gasteiger partial charge in [0.1, 0.15) is 11.5 Å². The van der Waals surface area contributed by atoms with E-state index in [0.29, 0.717) is 13.0 Å². The van der Waals surface area contributed by atoms with Gasteiger partial charge in [0, 0.05) is 19.3 Å². The molecule has 0 saturated carbocycles. The van der Waals surface area contributed by atoms with Gasteiger partial charge in [-0.3, -0.25) is 0 Å². The van der Waals surface area contributed by atoms with Gasteiger partial charge in [-0.2, -0.15) is 13.2 Å². The molecule has 19 heavy (non-hydrogen) atoms. The first kappa shape index (κ1) is 14.1. The van der Waals surface area contributed by atoms with Crippen LogP contribution >= 0.6 is 0 Å². The van der Waals surface area contributed by atoms with Crippen LogP contribution in [0.3, 0.4) is 0 Å². The average Bonchev–Trinajstić information content (AvgIpc) is 2.77. The number of hydrogen-bond acceptors (Lipinski definition) is 4. The topological polar surface area (TPSA) is 50.3 Å². The molecular weight excluding hydrogens is 281 g/mol. The second kappa shape index (κ2) is 4.66. The third kappa shape index (κ3) is 3.17. The third-order valence-corrected chi connectivity index (χ3v) is 4.70. The van der Waals surface area contributed by atoms with Crippen molar-refractivity contribution in [1.29, 1.82) is 0 Å². The molecule has 1 aliphatic heterocycles. The maximum absolute atomic E-state index is 12.5. The smallest absolute Gasteiger partial charge is 0.355 e. The predicted molar refractivity (Wildman–Crippen MR) is 64.7 cm³/mol. The van der Waals surface area contributed by atoms with Gasteiger partial charge in [-0.1, -0.05) is 6.07 Å². The fourth-order valence-electron chi connectivity index (χ4n) is 2.04. The Balaban J connectivity index is 2.21. The Kier molecular flexibility index (Phi) is 3.46. The van der Waals surface area contributed by atoms with Crippen LogP contribution < -0.4 is 4.90 Å². The Morgan fingerprint density at radius 1 is 1.37 bits per heavy atom. The molecule has 2 rings (SSSR count). The van der Waals surface area contributed by atoms with Crippen LogP contribution in [0.1, 0.15) is 12.1 Å². The molecular formula is C11H13F3N2O2S. The van der Waals surface area contributed by atoms with E-state index in [1.165, 1.54) is 12.1 Å². The average molecular weight is 294 g/mol. The molecule has 0 bridgehead atoms. The first-order chi connectivity index (χ1) is 8.68. The number of rotatable bonds is 2.